The number of rotatable bonds is 1. The van der Waals surface area contributed by atoms with E-state index in [1.165, 1.54) is 0 Å². The van der Waals surface area contributed by atoms with Gasteiger partial charge in [-0.25, -0.2) is 0 Å². The third kappa shape index (κ3) is 2.08. The number of benzene rings is 2. The highest BCUT2D eigenvalue weighted by Gasteiger charge is 2.18. The van der Waals surface area contributed by atoms with Crippen LogP contribution in [0.3, 0.4) is 0 Å². The fourth-order valence-corrected chi connectivity index (χ4v) is 1.88. The average Bonchev–Trinajstić information content (AvgIpc) is 2.42. The molecular formula is C15H10N2O2. The van der Waals surface area contributed by atoms with Crippen LogP contribution in [0, 0.1) is 29.6 Å². The third-order valence-corrected chi connectivity index (χ3v) is 2.85. The van der Waals surface area contributed by atoms with Gasteiger partial charge < -0.3 is 10.2 Å². The molecule has 0 radical (unpaired) electrons. The molecule has 2 aromatic carbocycles. The maximum Gasteiger partial charge on any atom is 0.176 e. The van der Waals surface area contributed by atoms with E-state index in [1.54, 1.807) is 12.1 Å². The lowest BCUT2D eigenvalue weighted by Gasteiger charge is -2.10. The summed E-state index contributed by atoms with van der Waals surface area (Å²) in [5, 5.41) is 37.5. The normalized spacial score (nSPS) is 9.63. The van der Waals surface area contributed by atoms with Gasteiger partial charge in [0, 0.05) is 11.6 Å². The van der Waals surface area contributed by atoms with Crippen LogP contribution in [0.15, 0.2) is 30.3 Å². The van der Waals surface area contributed by atoms with E-state index in [0.717, 1.165) is 11.6 Å². The Kier molecular flexibility index (Phi) is 3.10. The zero-order valence-electron chi connectivity index (χ0n) is 10.2. The Morgan fingerprint density at radius 1 is 1.00 bits per heavy atom. The minimum atomic E-state index is -0.503. The van der Waals surface area contributed by atoms with E-state index in [9.17, 15) is 10.2 Å². The number of phenols is 2. The highest BCUT2D eigenvalue weighted by molar-refractivity contribution is 5.81. The van der Waals surface area contributed by atoms with E-state index in [2.05, 4.69) is 0 Å². The van der Waals surface area contributed by atoms with Crippen molar-refractivity contribution < 1.29 is 10.2 Å². The summed E-state index contributed by atoms with van der Waals surface area (Å²) in [5.41, 5.74) is 2.08. The number of aryl methyl sites for hydroxylation is 1. The van der Waals surface area contributed by atoms with Crippen molar-refractivity contribution in [2.45, 2.75) is 6.92 Å². The zero-order valence-corrected chi connectivity index (χ0v) is 10.2. The van der Waals surface area contributed by atoms with Crippen LogP contribution in [0.4, 0.5) is 0 Å². The van der Waals surface area contributed by atoms with Crippen molar-refractivity contribution in [2.24, 2.45) is 0 Å². The topological polar surface area (TPSA) is 88.0 Å². The Labute approximate surface area is 110 Å². The van der Waals surface area contributed by atoms with Crippen molar-refractivity contribution in [1.29, 1.82) is 10.5 Å². The van der Waals surface area contributed by atoms with Gasteiger partial charge in [-0.2, -0.15) is 10.5 Å². The summed E-state index contributed by atoms with van der Waals surface area (Å²) < 4.78 is 0. The first kappa shape index (κ1) is 12.5. The molecule has 0 aliphatic rings. The lowest BCUT2D eigenvalue weighted by Crippen LogP contribution is -1.91. The summed E-state index contributed by atoms with van der Waals surface area (Å²) >= 11 is 0. The Hall–Kier alpha value is -2.98. The molecule has 0 amide bonds. The van der Waals surface area contributed by atoms with Crippen LogP contribution in [-0.4, -0.2) is 10.2 Å². The van der Waals surface area contributed by atoms with Gasteiger partial charge in [-0.05, 0) is 12.5 Å². The number of nitrogens with zero attached hydrogens (tertiary/aromatic N) is 2. The first-order valence-corrected chi connectivity index (χ1v) is 5.54. The van der Waals surface area contributed by atoms with E-state index < -0.39 is 11.5 Å². The van der Waals surface area contributed by atoms with Crippen LogP contribution in [0.1, 0.15) is 16.7 Å². The maximum absolute atomic E-state index is 9.73. The molecule has 0 fully saturated rings. The molecular weight excluding hydrogens is 240 g/mol. The van der Waals surface area contributed by atoms with Gasteiger partial charge in [-0.3, -0.25) is 0 Å². The van der Waals surface area contributed by atoms with Gasteiger partial charge in [0.15, 0.2) is 11.5 Å². The van der Waals surface area contributed by atoms with Crippen LogP contribution >= 0.6 is 0 Å². The minimum absolute atomic E-state index is 0.0968. The van der Waals surface area contributed by atoms with Crippen LogP contribution in [0.25, 0.3) is 11.1 Å². The summed E-state index contributed by atoms with van der Waals surface area (Å²) in [5.74, 6) is -0.971. The standard InChI is InChI=1S/C15H10N2O2/c1-9-2-4-10(5-3-9)14-11(7-16)6-13(18)15(19)12(14)8-17/h2-6,18-19H,1H3. The Morgan fingerprint density at radius 3 is 2.16 bits per heavy atom. The first-order valence-electron chi connectivity index (χ1n) is 5.54. The fourth-order valence-electron chi connectivity index (χ4n) is 1.88. The number of hydrogen-bond donors (Lipinski definition) is 2. The molecule has 92 valence electrons. The Bertz CT molecular complexity index is 720. The van der Waals surface area contributed by atoms with Crippen molar-refractivity contribution in [3.8, 4) is 34.8 Å². The molecule has 0 aliphatic heterocycles. The smallest absolute Gasteiger partial charge is 0.176 e. The van der Waals surface area contributed by atoms with Crippen molar-refractivity contribution in [3.05, 3.63) is 47.0 Å². The molecule has 0 saturated heterocycles. The predicted molar refractivity (Wildman–Crippen MR) is 69.4 cm³/mol. The van der Waals surface area contributed by atoms with Crippen LogP contribution in [0.5, 0.6) is 11.5 Å². The molecule has 2 N–H and O–H groups in total. The van der Waals surface area contributed by atoms with E-state index in [1.807, 2.05) is 31.2 Å². The van der Waals surface area contributed by atoms with Crippen LogP contribution in [0.2, 0.25) is 0 Å². The number of hydrogen-bond acceptors (Lipinski definition) is 4. The summed E-state index contributed by atoms with van der Waals surface area (Å²) in [6, 6.07) is 12.1. The van der Waals surface area contributed by atoms with E-state index >= 15 is 0 Å². The molecule has 0 aliphatic carbocycles. The number of phenolic OH excluding ortho intramolecular Hbond substituents is 2. The second-order valence-corrected chi connectivity index (χ2v) is 4.13. The average molecular weight is 250 g/mol. The minimum Gasteiger partial charge on any atom is -0.504 e. The SMILES string of the molecule is Cc1ccc(-c2c(C#N)cc(O)c(O)c2C#N)cc1. The molecule has 4 nitrogen and oxygen atoms in total. The van der Waals surface area contributed by atoms with E-state index in [0.29, 0.717) is 11.1 Å². The molecule has 2 aromatic rings. The van der Waals surface area contributed by atoms with Gasteiger partial charge in [-0.15, -0.1) is 0 Å². The van der Waals surface area contributed by atoms with Gasteiger partial charge in [0.25, 0.3) is 0 Å². The van der Waals surface area contributed by atoms with Crippen molar-refractivity contribution >= 4 is 0 Å². The Balaban J connectivity index is 2.83. The molecule has 0 heterocycles. The summed E-state index contributed by atoms with van der Waals surface area (Å²) in [6.45, 7) is 1.93. The fraction of sp³-hybridized carbons (Fsp3) is 0.0667. The maximum atomic E-state index is 9.73. The molecule has 0 unspecified atom stereocenters. The monoisotopic (exact) mass is 250 g/mol. The van der Waals surface area contributed by atoms with Crippen molar-refractivity contribution in [3.63, 3.8) is 0 Å². The summed E-state index contributed by atoms with van der Waals surface area (Å²) in [6.07, 6.45) is 0. The van der Waals surface area contributed by atoms with E-state index in [4.69, 9.17) is 10.5 Å². The quantitative estimate of drug-likeness (QED) is 0.762. The molecule has 0 spiro atoms. The zero-order chi connectivity index (χ0) is 14.0. The van der Waals surface area contributed by atoms with Crippen LogP contribution < -0.4 is 0 Å². The largest absolute Gasteiger partial charge is 0.504 e. The number of nitriles is 2. The van der Waals surface area contributed by atoms with E-state index in [-0.39, 0.29) is 11.1 Å². The van der Waals surface area contributed by atoms with Crippen LogP contribution in [-0.2, 0) is 0 Å². The highest BCUT2D eigenvalue weighted by atomic mass is 16.3. The molecule has 0 saturated carbocycles. The third-order valence-electron chi connectivity index (χ3n) is 2.85. The molecule has 0 bridgehead atoms. The number of aromatic hydroxyl groups is 2. The van der Waals surface area contributed by atoms with Gasteiger partial charge in [0.2, 0.25) is 0 Å². The highest BCUT2D eigenvalue weighted by Crippen LogP contribution is 2.38. The Morgan fingerprint density at radius 2 is 1.63 bits per heavy atom. The molecule has 4 heteroatoms. The van der Waals surface area contributed by atoms with Gasteiger partial charge in [0.1, 0.15) is 11.6 Å². The lowest BCUT2D eigenvalue weighted by molar-refractivity contribution is 0.402. The predicted octanol–water partition coefficient (Wildman–Crippen LogP) is 2.82. The second kappa shape index (κ2) is 4.72. The molecule has 19 heavy (non-hydrogen) atoms. The van der Waals surface area contributed by atoms with Crippen molar-refractivity contribution in [2.75, 3.05) is 0 Å². The van der Waals surface area contributed by atoms with Crippen molar-refractivity contribution in [1.82, 2.24) is 0 Å². The molecule has 2 rings (SSSR count). The summed E-state index contributed by atoms with van der Waals surface area (Å²) in [7, 11) is 0. The van der Waals surface area contributed by atoms with Gasteiger partial charge in [-0.1, -0.05) is 29.8 Å². The summed E-state index contributed by atoms with van der Waals surface area (Å²) in [4.78, 5) is 0. The lowest BCUT2D eigenvalue weighted by atomic mass is 9.93. The van der Waals surface area contributed by atoms with Gasteiger partial charge in [0.05, 0.1) is 11.6 Å². The molecule has 0 atom stereocenters. The first-order chi connectivity index (χ1) is 9.08. The molecule has 0 aromatic heterocycles. The van der Waals surface area contributed by atoms with Gasteiger partial charge >= 0.3 is 0 Å². The second-order valence-electron chi connectivity index (χ2n) is 4.13.